The van der Waals surface area contributed by atoms with Crippen molar-refractivity contribution in [2.24, 2.45) is 0 Å². The lowest BCUT2D eigenvalue weighted by Crippen LogP contribution is -2.26. The molecule has 1 N–H and O–H groups in total. The van der Waals surface area contributed by atoms with Crippen LogP contribution in [-0.4, -0.2) is 12.6 Å². The summed E-state index contributed by atoms with van der Waals surface area (Å²) in [4.78, 5) is 0. The first-order valence-corrected chi connectivity index (χ1v) is 5.04. The summed E-state index contributed by atoms with van der Waals surface area (Å²) in [5.41, 5.74) is 1.27. The molecule has 1 aromatic carbocycles. The molecule has 1 nitrogen and oxygen atoms in total. The van der Waals surface area contributed by atoms with Crippen LogP contribution in [0, 0.1) is 12.3 Å². The third-order valence-electron chi connectivity index (χ3n) is 2.03. The van der Waals surface area contributed by atoms with E-state index in [4.69, 9.17) is 18.0 Å². The van der Waals surface area contributed by atoms with Crippen LogP contribution in [0.5, 0.6) is 0 Å². The van der Waals surface area contributed by atoms with Gasteiger partial charge in [0, 0.05) is 11.6 Å². The predicted molar refractivity (Wildman–Crippen MR) is 61.5 cm³/mol. The minimum absolute atomic E-state index is 0.141. The van der Waals surface area contributed by atoms with Crippen molar-refractivity contribution in [3.63, 3.8) is 0 Å². The SMILES string of the molecule is C#CC(C)NCCc1ccc(Cl)cc1. The van der Waals surface area contributed by atoms with Crippen molar-refractivity contribution in [3.8, 4) is 12.3 Å². The quantitative estimate of drug-likeness (QED) is 0.749. The van der Waals surface area contributed by atoms with Gasteiger partial charge in [-0.3, -0.25) is 0 Å². The first-order valence-electron chi connectivity index (χ1n) is 4.66. The fourth-order valence-electron chi connectivity index (χ4n) is 1.14. The highest BCUT2D eigenvalue weighted by Crippen LogP contribution is 2.09. The molecule has 14 heavy (non-hydrogen) atoms. The highest BCUT2D eigenvalue weighted by Gasteiger charge is 1.96. The first kappa shape index (κ1) is 11.1. The molecule has 0 aromatic heterocycles. The molecule has 0 bridgehead atoms. The zero-order valence-electron chi connectivity index (χ0n) is 8.26. The van der Waals surface area contributed by atoms with Gasteiger partial charge in [-0.05, 0) is 31.0 Å². The lowest BCUT2D eigenvalue weighted by molar-refractivity contribution is 0.646. The zero-order chi connectivity index (χ0) is 10.4. The minimum atomic E-state index is 0.141. The van der Waals surface area contributed by atoms with E-state index in [-0.39, 0.29) is 6.04 Å². The zero-order valence-corrected chi connectivity index (χ0v) is 9.01. The lowest BCUT2D eigenvalue weighted by Gasteiger charge is -2.06. The topological polar surface area (TPSA) is 12.0 Å². The van der Waals surface area contributed by atoms with Crippen molar-refractivity contribution in [1.29, 1.82) is 0 Å². The van der Waals surface area contributed by atoms with Gasteiger partial charge < -0.3 is 5.32 Å². The first-order chi connectivity index (χ1) is 6.72. The van der Waals surface area contributed by atoms with Crippen molar-refractivity contribution < 1.29 is 0 Å². The molecule has 0 heterocycles. The van der Waals surface area contributed by atoms with E-state index in [2.05, 4.69) is 11.2 Å². The largest absolute Gasteiger partial charge is 0.304 e. The van der Waals surface area contributed by atoms with Crippen molar-refractivity contribution in [1.82, 2.24) is 5.32 Å². The maximum absolute atomic E-state index is 5.78. The summed E-state index contributed by atoms with van der Waals surface area (Å²) in [6.45, 7) is 2.87. The van der Waals surface area contributed by atoms with Crippen LogP contribution in [0.3, 0.4) is 0 Å². The lowest BCUT2D eigenvalue weighted by atomic mass is 10.1. The van der Waals surface area contributed by atoms with Crippen molar-refractivity contribution in [3.05, 3.63) is 34.9 Å². The van der Waals surface area contributed by atoms with Gasteiger partial charge in [0.2, 0.25) is 0 Å². The minimum Gasteiger partial charge on any atom is -0.304 e. The molecule has 0 aliphatic heterocycles. The number of rotatable bonds is 4. The number of nitrogens with one attached hydrogen (secondary N) is 1. The van der Waals surface area contributed by atoms with E-state index in [0.29, 0.717) is 0 Å². The average molecular weight is 208 g/mol. The molecule has 0 saturated carbocycles. The van der Waals surface area contributed by atoms with Gasteiger partial charge in [0.05, 0.1) is 6.04 Å². The van der Waals surface area contributed by atoms with E-state index in [1.165, 1.54) is 5.56 Å². The highest BCUT2D eigenvalue weighted by atomic mass is 35.5. The molecule has 0 spiro atoms. The highest BCUT2D eigenvalue weighted by molar-refractivity contribution is 6.30. The molecular weight excluding hydrogens is 194 g/mol. The summed E-state index contributed by atoms with van der Waals surface area (Å²) < 4.78 is 0. The summed E-state index contributed by atoms with van der Waals surface area (Å²) >= 11 is 5.78. The van der Waals surface area contributed by atoms with Gasteiger partial charge in [-0.25, -0.2) is 0 Å². The second-order valence-electron chi connectivity index (χ2n) is 3.22. The van der Waals surface area contributed by atoms with E-state index in [0.717, 1.165) is 18.0 Å². The fraction of sp³-hybridized carbons (Fsp3) is 0.333. The van der Waals surface area contributed by atoms with Crippen molar-refractivity contribution in [2.75, 3.05) is 6.54 Å². The summed E-state index contributed by atoms with van der Waals surface area (Å²) in [5.74, 6) is 2.63. The van der Waals surface area contributed by atoms with Crippen LogP contribution < -0.4 is 5.32 Å². The normalized spacial score (nSPS) is 12.1. The Balaban J connectivity index is 2.32. The molecule has 0 amide bonds. The summed E-state index contributed by atoms with van der Waals surface area (Å²) in [6.07, 6.45) is 6.22. The molecule has 0 radical (unpaired) electrons. The Labute approximate surface area is 90.5 Å². The maximum Gasteiger partial charge on any atom is 0.0658 e. The van der Waals surface area contributed by atoms with Gasteiger partial charge in [0.15, 0.2) is 0 Å². The van der Waals surface area contributed by atoms with Gasteiger partial charge in [-0.1, -0.05) is 29.7 Å². The monoisotopic (exact) mass is 207 g/mol. The standard InChI is InChI=1S/C12H14ClN/c1-3-10(2)14-9-8-11-4-6-12(13)7-5-11/h1,4-7,10,14H,8-9H2,2H3. The van der Waals surface area contributed by atoms with E-state index in [9.17, 15) is 0 Å². The van der Waals surface area contributed by atoms with Gasteiger partial charge in [-0.2, -0.15) is 0 Å². The van der Waals surface area contributed by atoms with Crippen LogP contribution in [0.25, 0.3) is 0 Å². The van der Waals surface area contributed by atoms with Gasteiger partial charge >= 0.3 is 0 Å². The molecule has 2 heteroatoms. The van der Waals surface area contributed by atoms with Crippen LogP contribution in [0.4, 0.5) is 0 Å². The Morgan fingerprint density at radius 1 is 1.43 bits per heavy atom. The van der Waals surface area contributed by atoms with Crippen LogP contribution in [0.2, 0.25) is 5.02 Å². The van der Waals surface area contributed by atoms with Crippen LogP contribution in [0.1, 0.15) is 12.5 Å². The third kappa shape index (κ3) is 3.83. The summed E-state index contributed by atoms with van der Waals surface area (Å²) in [6, 6.07) is 8.01. The fourth-order valence-corrected chi connectivity index (χ4v) is 1.27. The molecule has 0 aliphatic rings. The number of halogens is 1. The molecule has 1 atom stereocenters. The second-order valence-corrected chi connectivity index (χ2v) is 3.66. The molecule has 1 aromatic rings. The molecular formula is C12H14ClN. The van der Waals surface area contributed by atoms with E-state index < -0.39 is 0 Å². The average Bonchev–Trinajstić information content (AvgIpc) is 2.21. The van der Waals surface area contributed by atoms with Gasteiger partial charge in [-0.15, -0.1) is 6.42 Å². The van der Waals surface area contributed by atoms with Crippen LogP contribution in [-0.2, 0) is 6.42 Å². The molecule has 74 valence electrons. The van der Waals surface area contributed by atoms with Crippen LogP contribution >= 0.6 is 11.6 Å². The second kappa shape index (κ2) is 5.70. The number of hydrogen-bond donors (Lipinski definition) is 1. The number of terminal acetylenes is 1. The third-order valence-corrected chi connectivity index (χ3v) is 2.28. The molecule has 0 aliphatic carbocycles. The molecule has 0 fully saturated rings. The number of benzene rings is 1. The maximum atomic E-state index is 5.78. The Kier molecular flexibility index (Phi) is 4.52. The predicted octanol–water partition coefficient (Wildman–Crippen LogP) is 2.49. The van der Waals surface area contributed by atoms with E-state index in [1.54, 1.807) is 0 Å². The van der Waals surface area contributed by atoms with E-state index >= 15 is 0 Å². The van der Waals surface area contributed by atoms with E-state index in [1.807, 2.05) is 31.2 Å². The number of hydrogen-bond acceptors (Lipinski definition) is 1. The smallest absolute Gasteiger partial charge is 0.0658 e. The van der Waals surface area contributed by atoms with Crippen LogP contribution in [0.15, 0.2) is 24.3 Å². The summed E-state index contributed by atoms with van der Waals surface area (Å²) in [7, 11) is 0. The molecule has 1 unspecified atom stereocenters. The summed E-state index contributed by atoms with van der Waals surface area (Å²) in [5, 5.41) is 4.00. The molecule has 0 saturated heterocycles. The molecule has 1 rings (SSSR count). The van der Waals surface area contributed by atoms with Gasteiger partial charge in [0.1, 0.15) is 0 Å². The van der Waals surface area contributed by atoms with Crippen molar-refractivity contribution in [2.45, 2.75) is 19.4 Å². The Hall–Kier alpha value is -0.970. The Morgan fingerprint density at radius 2 is 2.07 bits per heavy atom. The van der Waals surface area contributed by atoms with Gasteiger partial charge in [0.25, 0.3) is 0 Å². The van der Waals surface area contributed by atoms with Crippen molar-refractivity contribution >= 4 is 11.6 Å². The Morgan fingerprint density at radius 3 is 2.64 bits per heavy atom. The Bertz CT molecular complexity index is 310.